The third-order valence-electron chi connectivity index (χ3n) is 4.30. The fraction of sp³-hybridized carbons (Fsp3) is 0.786. The Kier molecular flexibility index (Phi) is 4.09. The van der Waals surface area contributed by atoms with E-state index < -0.39 is 0 Å². The summed E-state index contributed by atoms with van der Waals surface area (Å²) in [5.74, 6) is 0.960. The van der Waals surface area contributed by atoms with Crippen LogP contribution in [0.3, 0.4) is 0 Å². The van der Waals surface area contributed by atoms with Crippen LogP contribution in [0.25, 0.3) is 0 Å². The number of hydrogen-bond donors (Lipinski definition) is 1. The number of nitrogens with zero attached hydrogens (tertiary/aromatic N) is 1. The van der Waals surface area contributed by atoms with Gasteiger partial charge in [-0.05, 0) is 33.6 Å². The highest BCUT2D eigenvalue weighted by Crippen LogP contribution is 2.35. The summed E-state index contributed by atoms with van der Waals surface area (Å²) in [6, 6.07) is 0.143. The lowest BCUT2D eigenvalue weighted by molar-refractivity contribution is 0.0490. The van der Waals surface area contributed by atoms with Crippen molar-refractivity contribution in [3.63, 3.8) is 0 Å². The molecule has 4 heteroatoms. The maximum absolute atomic E-state index is 6.40. The van der Waals surface area contributed by atoms with E-state index in [1.54, 1.807) is 11.3 Å². The summed E-state index contributed by atoms with van der Waals surface area (Å²) in [4.78, 5) is 5.89. The first-order valence-electron chi connectivity index (χ1n) is 6.74. The largest absolute Gasteiger partial charge is 0.375 e. The van der Waals surface area contributed by atoms with Gasteiger partial charge in [-0.1, -0.05) is 6.92 Å². The average molecular weight is 268 g/mol. The van der Waals surface area contributed by atoms with Gasteiger partial charge in [0.15, 0.2) is 0 Å². The smallest absolute Gasteiger partial charge is 0.0946 e. The molecular weight excluding hydrogens is 244 g/mol. The minimum atomic E-state index is 0.143. The zero-order valence-corrected chi connectivity index (χ0v) is 12.8. The standard InChI is InChI=1S/C14H24N2OS/c1-7-9(3)17-10(4)14(7)12(15)6-13-16-8(2)11(5)18-13/h7,9-10,12,14H,6,15H2,1-5H3. The molecule has 102 valence electrons. The molecule has 1 aromatic rings. The fourth-order valence-corrected chi connectivity index (χ4v) is 4.00. The van der Waals surface area contributed by atoms with Gasteiger partial charge in [-0.2, -0.15) is 0 Å². The van der Waals surface area contributed by atoms with E-state index >= 15 is 0 Å². The summed E-state index contributed by atoms with van der Waals surface area (Å²) >= 11 is 1.77. The number of aromatic nitrogens is 1. The predicted molar refractivity (Wildman–Crippen MR) is 75.9 cm³/mol. The summed E-state index contributed by atoms with van der Waals surface area (Å²) in [7, 11) is 0. The Bertz CT molecular complexity index is 398. The molecule has 0 spiro atoms. The van der Waals surface area contributed by atoms with Gasteiger partial charge in [-0.15, -0.1) is 11.3 Å². The number of hydrogen-bond acceptors (Lipinski definition) is 4. The molecule has 5 unspecified atom stereocenters. The van der Waals surface area contributed by atoms with Gasteiger partial charge < -0.3 is 10.5 Å². The Labute approximate surface area is 114 Å². The second-order valence-corrected chi connectivity index (χ2v) is 6.89. The molecule has 0 aliphatic carbocycles. The van der Waals surface area contributed by atoms with E-state index in [1.165, 1.54) is 4.88 Å². The van der Waals surface area contributed by atoms with Crippen molar-refractivity contribution in [1.29, 1.82) is 0 Å². The monoisotopic (exact) mass is 268 g/mol. The predicted octanol–water partition coefficient (Wildman–Crippen LogP) is 2.69. The van der Waals surface area contributed by atoms with Crippen LogP contribution in [0.2, 0.25) is 0 Å². The molecule has 18 heavy (non-hydrogen) atoms. The molecule has 0 aromatic carbocycles. The molecule has 0 saturated carbocycles. The molecule has 1 aliphatic rings. The van der Waals surface area contributed by atoms with Crippen LogP contribution in [0.4, 0.5) is 0 Å². The first-order chi connectivity index (χ1) is 8.40. The Morgan fingerprint density at radius 1 is 1.28 bits per heavy atom. The minimum absolute atomic E-state index is 0.143. The van der Waals surface area contributed by atoms with E-state index in [2.05, 4.69) is 39.6 Å². The molecular formula is C14H24N2OS. The van der Waals surface area contributed by atoms with Gasteiger partial charge in [0, 0.05) is 23.3 Å². The first kappa shape index (κ1) is 14.0. The molecule has 1 saturated heterocycles. The van der Waals surface area contributed by atoms with Crippen LogP contribution in [0, 0.1) is 25.7 Å². The van der Waals surface area contributed by atoms with E-state index in [-0.39, 0.29) is 12.1 Å². The van der Waals surface area contributed by atoms with E-state index in [9.17, 15) is 0 Å². The van der Waals surface area contributed by atoms with Crippen LogP contribution in [-0.2, 0) is 11.2 Å². The quantitative estimate of drug-likeness (QED) is 0.917. The molecule has 1 aromatic heterocycles. The second kappa shape index (κ2) is 5.27. The van der Waals surface area contributed by atoms with Crippen molar-refractivity contribution in [2.24, 2.45) is 17.6 Å². The Morgan fingerprint density at radius 2 is 1.94 bits per heavy atom. The Balaban J connectivity index is 2.05. The van der Waals surface area contributed by atoms with Crippen molar-refractivity contribution in [2.75, 3.05) is 0 Å². The Morgan fingerprint density at radius 3 is 2.39 bits per heavy atom. The van der Waals surface area contributed by atoms with Gasteiger partial charge in [0.05, 0.1) is 22.9 Å². The molecule has 2 heterocycles. The summed E-state index contributed by atoms with van der Waals surface area (Å²) in [6.07, 6.45) is 1.44. The van der Waals surface area contributed by atoms with Crippen molar-refractivity contribution in [3.8, 4) is 0 Å². The van der Waals surface area contributed by atoms with Gasteiger partial charge in [0.1, 0.15) is 0 Å². The summed E-state index contributed by atoms with van der Waals surface area (Å²) in [6.45, 7) is 10.7. The highest BCUT2D eigenvalue weighted by molar-refractivity contribution is 7.11. The van der Waals surface area contributed by atoms with Crippen molar-refractivity contribution in [2.45, 2.75) is 59.3 Å². The number of rotatable bonds is 3. The average Bonchev–Trinajstić information content (AvgIpc) is 2.69. The van der Waals surface area contributed by atoms with Crippen molar-refractivity contribution in [3.05, 3.63) is 15.6 Å². The van der Waals surface area contributed by atoms with Crippen LogP contribution >= 0.6 is 11.3 Å². The van der Waals surface area contributed by atoms with Gasteiger partial charge in [-0.3, -0.25) is 0 Å². The molecule has 0 bridgehead atoms. The van der Waals surface area contributed by atoms with E-state index in [4.69, 9.17) is 10.5 Å². The van der Waals surface area contributed by atoms with Gasteiger partial charge in [-0.25, -0.2) is 4.98 Å². The number of nitrogens with two attached hydrogens (primary N) is 1. The lowest BCUT2D eigenvalue weighted by Gasteiger charge is -2.24. The maximum Gasteiger partial charge on any atom is 0.0946 e. The van der Waals surface area contributed by atoms with E-state index in [1.807, 2.05) is 0 Å². The SMILES string of the molecule is Cc1nc(CC(N)C2C(C)OC(C)C2C)sc1C. The fourth-order valence-electron chi connectivity index (χ4n) is 3.00. The minimum Gasteiger partial charge on any atom is -0.375 e. The number of aryl methyl sites for hydroxylation is 2. The molecule has 1 aliphatic heterocycles. The van der Waals surface area contributed by atoms with Crippen LogP contribution in [-0.4, -0.2) is 23.2 Å². The molecule has 2 rings (SSSR count). The molecule has 0 radical (unpaired) electrons. The molecule has 0 amide bonds. The Hall–Kier alpha value is -0.450. The summed E-state index contributed by atoms with van der Waals surface area (Å²) in [5, 5.41) is 1.16. The van der Waals surface area contributed by atoms with E-state index in [0.29, 0.717) is 17.9 Å². The molecule has 2 N–H and O–H groups in total. The third-order valence-corrected chi connectivity index (χ3v) is 5.39. The number of thiazole rings is 1. The van der Waals surface area contributed by atoms with Gasteiger partial charge in [0.25, 0.3) is 0 Å². The normalized spacial score (nSPS) is 33.9. The van der Waals surface area contributed by atoms with Gasteiger partial charge in [0.2, 0.25) is 0 Å². The molecule has 5 atom stereocenters. The molecule has 1 fully saturated rings. The topological polar surface area (TPSA) is 48.1 Å². The van der Waals surface area contributed by atoms with Crippen molar-refractivity contribution < 1.29 is 4.74 Å². The van der Waals surface area contributed by atoms with Gasteiger partial charge >= 0.3 is 0 Å². The maximum atomic E-state index is 6.40. The van der Waals surface area contributed by atoms with E-state index in [0.717, 1.165) is 17.1 Å². The second-order valence-electron chi connectivity index (χ2n) is 5.60. The lowest BCUT2D eigenvalue weighted by atomic mass is 9.83. The van der Waals surface area contributed by atoms with Crippen LogP contribution in [0.15, 0.2) is 0 Å². The first-order valence-corrected chi connectivity index (χ1v) is 7.55. The van der Waals surface area contributed by atoms with Crippen molar-refractivity contribution in [1.82, 2.24) is 4.98 Å². The zero-order valence-electron chi connectivity index (χ0n) is 11.9. The highest BCUT2D eigenvalue weighted by atomic mass is 32.1. The lowest BCUT2D eigenvalue weighted by Crippen LogP contribution is -2.39. The van der Waals surface area contributed by atoms with Crippen LogP contribution in [0.1, 0.15) is 36.3 Å². The zero-order chi connectivity index (χ0) is 13.4. The molecule has 3 nitrogen and oxygen atoms in total. The third kappa shape index (κ3) is 2.60. The highest BCUT2D eigenvalue weighted by Gasteiger charge is 2.40. The van der Waals surface area contributed by atoms with Crippen LogP contribution < -0.4 is 5.73 Å². The van der Waals surface area contributed by atoms with Crippen LogP contribution in [0.5, 0.6) is 0 Å². The summed E-state index contributed by atoms with van der Waals surface area (Å²) in [5.41, 5.74) is 7.54. The van der Waals surface area contributed by atoms with Crippen molar-refractivity contribution >= 4 is 11.3 Å². The number of ether oxygens (including phenoxy) is 1. The summed E-state index contributed by atoms with van der Waals surface area (Å²) < 4.78 is 5.88.